The predicted octanol–water partition coefficient (Wildman–Crippen LogP) is 13.7. The summed E-state index contributed by atoms with van der Waals surface area (Å²) in [5.74, 6) is 3.58. The van der Waals surface area contributed by atoms with Crippen LogP contribution in [0.2, 0.25) is 0 Å². The van der Waals surface area contributed by atoms with Crippen molar-refractivity contribution < 1.29 is 0 Å². The van der Waals surface area contributed by atoms with E-state index in [1.54, 1.807) is 0 Å². The standard InChI is InChI=1S/C59H37N9/c1-4-14-38(15-5-1)39-24-30-45(31-25-39)65-51-34-28-43(36-53(51)67-49-22-12-10-20-47(49)60-58(65)67)44-29-35-52-54(37-44)68-50-23-13-11-21-48(50)61-59(68)66(52)46-32-26-42(27-33-46)57-63-55(40-16-6-2-7-17-40)62-56(64-57)41-18-8-3-9-19-41/h1-37H. The average molecular weight is 872 g/mol. The molecule has 0 bridgehead atoms. The van der Waals surface area contributed by atoms with Gasteiger partial charge < -0.3 is 0 Å². The second-order valence-corrected chi connectivity index (χ2v) is 17.0. The van der Waals surface area contributed by atoms with Gasteiger partial charge in [0.2, 0.25) is 11.6 Å². The summed E-state index contributed by atoms with van der Waals surface area (Å²) < 4.78 is 9.09. The quantitative estimate of drug-likeness (QED) is 0.159. The molecular formula is C59H37N9. The van der Waals surface area contributed by atoms with Gasteiger partial charge in [-0.3, -0.25) is 17.9 Å². The van der Waals surface area contributed by atoms with E-state index in [4.69, 9.17) is 24.9 Å². The normalized spacial score (nSPS) is 11.8. The molecule has 0 fully saturated rings. The van der Waals surface area contributed by atoms with Crippen molar-refractivity contribution in [3.8, 4) is 67.8 Å². The number of aromatic nitrogens is 9. The Morgan fingerprint density at radius 3 is 1.01 bits per heavy atom. The first-order valence-corrected chi connectivity index (χ1v) is 22.7. The highest BCUT2D eigenvalue weighted by atomic mass is 15.2. The van der Waals surface area contributed by atoms with Gasteiger partial charge in [-0.1, -0.05) is 140 Å². The number of hydrogen-bond donors (Lipinski definition) is 0. The minimum atomic E-state index is 0.609. The fourth-order valence-electron chi connectivity index (χ4n) is 9.80. The largest absolute Gasteiger partial charge is 0.278 e. The topological polar surface area (TPSA) is 83.1 Å². The number of benzene rings is 9. The van der Waals surface area contributed by atoms with Crippen LogP contribution in [0.1, 0.15) is 0 Å². The average Bonchev–Trinajstić information content (AvgIpc) is 4.16. The van der Waals surface area contributed by atoms with Crippen LogP contribution in [0.5, 0.6) is 0 Å². The number of rotatable bonds is 7. The Balaban J connectivity index is 0.900. The number of nitrogens with zero attached hydrogens (tertiary/aromatic N) is 9. The Bertz CT molecular complexity index is 4170. The third-order valence-electron chi connectivity index (χ3n) is 13.0. The second-order valence-electron chi connectivity index (χ2n) is 17.0. The molecule has 5 aromatic heterocycles. The highest BCUT2D eigenvalue weighted by Gasteiger charge is 2.21. The summed E-state index contributed by atoms with van der Waals surface area (Å²) in [4.78, 5) is 25.3. The molecule has 0 amide bonds. The fourth-order valence-corrected chi connectivity index (χ4v) is 9.80. The molecule has 0 spiro atoms. The number of imidazole rings is 4. The highest BCUT2D eigenvalue weighted by molar-refractivity contribution is 5.97. The predicted molar refractivity (Wildman–Crippen MR) is 273 cm³/mol. The summed E-state index contributed by atoms with van der Waals surface area (Å²) in [6.45, 7) is 0. The lowest BCUT2D eigenvalue weighted by molar-refractivity contribution is 1.07. The van der Waals surface area contributed by atoms with E-state index < -0.39 is 0 Å². The molecule has 0 saturated heterocycles. The van der Waals surface area contributed by atoms with E-state index in [2.05, 4.69) is 176 Å². The van der Waals surface area contributed by atoms with E-state index >= 15 is 0 Å². The van der Waals surface area contributed by atoms with Crippen molar-refractivity contribution in [2.75, 3.05) is 0 Å². The van der Waals surface area contributed by atoms with Crippen molar-refractivity contribution in [1.82, 2.24) is 42.9 Å². The molecule has 0 saturated carbocycles. The summed E-state index contributed by atoms with van der Waals surface area (Å²) in [6.07, 6.45) is 0. The number of para-hydroxylation sites is 4. The molecular weight excluding hydrogens is 835 g/mol. The van der Waals surface area contributed by atoms with E-state index in [1.807, 2.05) is 66.7 Å². The SMILES string of the molecule is c1ccc(-c2ccc(-n3c4ccc(-c5ccc6c(c5)n5c7ccccc7nc5n6-c5ccc(-c6nc(-c7ccccc7)nc(-c7ccccc7)n6)cc5)cc4n4c5ccccc5nc34)cc2)cc1. The highest BCUT2D eigenvalue weighted by Crippen LogP contribution is 2.37. The van der Waals surface area contributed by atoms with E-state index in [1.165, 1.54) is 11.1 Å². The first-order chi connectivity index (χ1) is 33.7. The minimum Gasteiger partial charge on any atom is -0.278 e. The van der Waals surface area contributed by atoms with Crippen LogP contribution >= 0.6 is 0 Å². The van der Waals surface area contributed by atoms with Gasteiger partial charge in [-0.15, -0.1) is 0 Å². The molecule has 0 atom stereocenters. The molecule has 5 heterocycles. The first-order valence-electron chi connectivity index (χ1n) is 22.7. The molecule has 318 valence electrons. The maximum atomic E-state index is 5.23. The summed E-state index contributed by atoms with van der Waals surface area (Å²) in [5, 5.41) is 0. The van der Waals surface area contributed by atoms with Crippen LogP contribution in [0.3, 0.4) is 0 Å². The van der Waals surface area contributed by atoms with Crippen LogP contribution in [0.25, 0.3) is 123 Å². The van der Waals surface area contributed by atoms with Gasteiger partial charge in [0.1, 0.15) is 0 Å². The van der Waals surface area contributed by atoms with Gasteiger partial charge in [0.15, 0.2) is 17.5 Å². The molecule has 0 radical (unpaired) electrons. The molecule has 9 nitrogen and oxygen atoms in total. The third kappa shape index (κ3) is 5.99. The zero-order chi connectivity index (χ0) is 44.7. The molecule has 9 aromatic carbocycles. The van der Waals surface area contributed by atoms with Crippen LogP contribution in [0.15, 0.2) is 224 Å². The van der Waals surface area contributed by atoms with E-state index in [9.17, 15) is 0 Å². The van der Waals surface area contributed by atoms with Crippen molar-refractivity contribution in [2.45, 2.75) is 0 Å². The first kappa shape index (κ1) is 37.9. The van der Waals surface area contributed by atoms with E-state index in [-0.39, 0.29) is 0 Å². The van der Waals surface area contributed by atoms with Gasteiger partial charge in [0, 0.05) is 28.1 Å². The van der Waals surface area contributed by atoms with Crippen LogP contribution in [-0.2, 0) is 0 Å². The van der Waals surface area contributed by atoms with Crippen LogP contribution < -0.4 is 0 Å². The van der Waals surface area contributed by atoms with Crippen molar-refractivity contribution in [1.29, 1.82) is 0 Å². The van der Waals surface area contributed by atoms with Crippen molar-refractivity contribution in [3.63, 3.8) is 0 Å². The van der Waals surface area contributed by atoms with Crippen molar-refractivity contribution in [3.05, 3.63) is 224 Å². The molecule has 0 unspecified atom stereocenters. The lowest BCUT2D eigenvalue weighted by Gasteiger charge is -2.10. The Kier molecular flexibility index (Phi) is 8.38. The Hall–Kier alpha value is -9.47. The molecule has 0 aliphatic rings. The zero-order valence-electron chi connectivity index (χ0n) is 36.4. The Labute approximate surface area is 389 Å². The lowest BCUT2D eigenvalue weighted by Crippen LogP contribution is -2.00. The van der Waals surface area contributed by atoms with Gasteiger partial charge in [-0.25, -0.2) is 24.9 Å². The van der Waals surface area contributed by atoms with E-state index in [0.29, 0.717) is 17.5 Å². The zero-order valence-corrected chi connectivity index (χ0v) is 36.4. The molecule has 0 aliphatic carbocycles. The molecule has 9 heteroatoms. The third-order valence-corrected chi connectivity index (χ3v) is 13.0. The van der Waals surface area contributed by atoms with Crippen LogP contribution in [0, 0.1) is 0 Å². The van der Waals surface area contributed by atoms with Crippen molar-refractivity contribution in [2.24, 2.45) is 0 Å². The lowest BCUT2D eigenvalue weighted by atomic mass is 10.0. The summed E-state index contributed by atoms with van der Waals surface area (Å²) in [6, 6.07) is 78.1. The van der Waals surface area contributed by atoms with E-state index in [0.717, 1.165) is 94.9 Å². The second kappa shape index (κ2) is 15.0. The summed E-state index contributed by atoms with van der Waals surface area (Å²) in [5.41, 5.74) is 17.6. The van der Waals surface area contributed by atoms with Crippen LogP contribution in [-0.4, -0.2) is 42.9 Å². The molecule has 0 N–H and O–H groups in total. The maximum Gasteiger partial charge on any atom is 0.220 e. The summed E-state index contributed by atoms with van der Waals surface area (Å²) in [7, 11) is 0. The van der Waals surface area contributed by atoms with Gasteiger partial charge in [-0.2, -0.15) is 0 Å². The van der Waals surface area contributed by atoms with Crippen molar-refractivity contribution >= 4 is 55.7 Å². The molecule has 14 aromatic rings. The van der Waals surface area contributed by atoms with Gasteiger partial charge in [0.05, 0.1) is 44.1 Å². The Morgan fingerprint density at radius 1 is 0.235 bits per heavy atom. The molecule has 68 heavy (non-hydrogen) atoms. The van der Waals surface area contributed by atoms with Gasteiger partial charge in [0.25, 0.3) is 0 Å². The van der Waals surface area contributed by atoms with Gasteiger partial charge >= 0.3 is 0 Å². The molecule has 0 aliphatic heterocycles. The fraction of sp³-hybridized carbons (Fsp3) is 0. The minimum absolute atomic E-state index is 0.609. The Morgan fingerprint density at radius 2 is 0.574 bits per heavy atom. The number of hydrogen-bond acceptors (Lipinski definition) is 5. The van der Waals surface area contributed by atoms with Crippen LogP contribution in [0.4, 0.5) is 0 Å². The maximum absolute atomic E-state index is 5.23. The summed E-state index contributed by atoms with van der Waals surface area (Å²) >= 11 is 0. The monoisotopic (exact) mass is 871 g/mol. The molecule has 14 rings (SSSR count). The van der Waals surface area contributed by atoms with Gasteiger partial charge in [-0.05, 0) is 107 Å². The number of fused-ring (bicyclic) bond motifs is 10. The smallest absolute Gasteiger partial charge is 0.220 e.